The Balaban J connectivity index is 1.76. The SMILES string of the molecule is Nc1[nH]ncc1-c1nc(C2(c3ccccc3)CCC2)no1. The van der Waals surface area contributed by atoms with Crippen LogP contribution in [-0.2, 0) is 5.41 Å². The molecular formula is C15H15N5O. The predicted molar refractivity (Wildman–Crippen MR) is 77.4 cm³/mol. The lowest BCUT2D eigenvalue weighted by Gasteiger charge is -2.39. The molecule has 1 aromatic carbocycles. The number of nitrogens with one attached hydrogen (secondary N) is 1. The summed E-state index contributed by atoms with van der Waals surface area (Å²) in [6, 6.07) is 10.4. The highest BCUT2D eigenvalue weighted by molar-refractivity contribution is 5.65. The van der Waals surface area contributed by atoms with E-state index in [0.29, 0.717) is 17.3 Å². The number of hydrogen-bond donors (Lipinski definition) is 2. The number of nitrogens with two attached hydrogens (primary N) is 1. The van der Waals surface area contributed by atoms with Crippen LogP contribution in [0.1, 0.15) is 30.7 Å². The van der Waals surface area contributed by atoms with Crippen molar-refractivity contribution in [2.75, 3.05) is 5.73 Å². The average Bonchev–Trinajstić information content (AvgIpc) is 3.08. The second-order valence-electron chi connectivity index (χ2n) is 5.42. The first kappa shape index (κ1) is 12.1. The van der Waals surface area contributed by atoms with Gasteiger partial charge in [-0.05, 0) is 18.4 Å². The number of nitrogen functional groups attached to an aromatic ring is 1. The summed E-state index contributed by atoms with van der Waals surface area (Å²) in [5.41, 5.74) is 7.57. The number of hydrogen-bond acceptors (Lipinski definition) is 5. The zero-order chi connectivity index (χ0) is 14.3. The van der Waals surface area contributed by atoms with E-state index >= 15 is 0 Å². The van der Waals surface area contributed by atoms with Crippen LogP contribution in [0.15, 0.2) is 41.1 Å². The lowest BCUT2D eigenvalue weighted by Crippen LogP contribution is -2.36. The van der Waals surface area contributed by atoms with Gasteiger partial charge >= 0.3 is 0 Å². The molecule has 3 aromatic rings. The first-order chi connectivity index (χ1) is 10.3. The fourth-order valence-electron chi connectivity index (χ4n) is 2.92. The first-order valence-electron chi connectivity index (χ1n) is 6.98. The van der Waals surface area contributed by atoms with Crippen molar-refractivity contribution >= 4 is 5.82 Å². The third-order valence-electron chi connectivity index (χ3n) is 4.29. The molecule has 1 saturated carbocycles. The molecule has 1 aliphatic rings. The zero-order valence-corrected chi connectivity index (χ0v) is 11.4. The van der Waals surface area contributed by atoms with Gasteiger partial charge in [-0.3, -0.25) is 5.10 Å². The molecule has 4 rings (SSSR count). The van der Waals surface area contributed by atoms with E-state index in [1.54, 1.807) is 6.20 Å². The molecule has 0 atom stereocenters. The van der Waals surface area contributed by atoms with Gasteiger partial charge in [0.1, 0.15) is 11.4 Å². The van der Waals surface area contributed by atoms with Gasteiger partial charge in [0.05, 0.1) is 11.6 Å². The van der Waals surface area contributed by atoms with Crippen LogP contribution in [0.5, 0.6) is 0 Å². The molecule has 0 spiro atoms. The second kappa shape index (κ2) is 4.44. The average molecular weight is 281 g/mol. The Bertz CT molecular complexity index is 757. The quantitative estimate of drug-likeness (QED) is 0.769. The topological polar surface area (TPSA) is 93.6 Å². The van der Waals surface area contributed by atoms with E-state index in [1.165, 1.54) is 12.0 Å². The molecule has 0 amide bonds. The maximum atomic E-state index is 5.80. The molecule has 0 bridgehead atoms. The molecule has 6 nitrogen and oxygen atoms in total. The van der Waals surface area contributed by atoms with Crippen molar-refractivity contribution in [2.24, 2.45) is 0 Å². The van der Waals surface area contributed by atoms with Gasteiger partial charge in [0.25, 0.3) is 5.89 Å². The van der Waals surface area contributed by atoms with Crippen LogP contribution < -0.4 is 5.73 Å². The standard InChI is InChI=1S/C15H15N5O/c16-12-11(9-17-19-12)13-18-14(20-21-13)15(7-4-8-15)10-5-2-1-3-6-10/h1-3,5-6,9H,4,7-8H2,(H3,16,17,19). The van der Waals surface area contributed by atoms with E-state index in [-0.39, 0.29) is 5.41 Å². The smallest absolute Gasteiger partial charge is 0.263 e. The number of aromatic nitrogens is 4. The molecule has 2 aromatic heterocycles. The van der Waals surface area contributed by atoms with E-state index in [2.05, 4.69) is 32.5 Å². The fourth-order valence-corrected chi connectivity index (χ4v) is 2.92. The molecule has 106 valence electrons. The fraction of sp³-hybridized carbons (Fsp3) is 0.267. The molecule has 1 fully saturated rings. The van der Waals surface area contributed by atoms with Crippen LogP contribution in [0.2, 0.25) is 0 Å². The molecule has 2 heterocycles. The zero-order valence-electron chi connectivity index (χ0n) is 11.4. The Labute approximate surface area is 121 Å². The number of H-pyrrole nitrogens is 1. The maximum absolute atomic E-state index is 5.80. The lowest BCUT2D eigenvalue weighted by atomic mass is 9.64. The Morgan fingerprint density at radius 3 is 2.62 bits per heavy atom. The van der Waals surface area contributed by atoms with Crippen molar-refractivity contribution < 1.29 is 4.52 Å². The number of benzene rings is 1. The first-order valence-corrected chi connectivity index (χ1v) is 6.98. The largest absolute Gasteiger partial charge is 0.383 e. The molecule has 3 N–H and O–H groups in total. The summed E-state index contributed by atoms with van der Waals surface area (Å²) < 4.78 is 5.39. The molecule has 0 unspecified atom stereocenters. The van der Waals surface area contributed by atoms with Crippen LogP contribution >= 0.6 is 0 Å². The third kappa shape index (κ3) is 1.75. The van der Waals surface area contributed by atoms with Gasteiger partial charge in [0.15, 0.2) is 5.82 Å². The van der Waals surface area contributed by atoms with Crippen molar-refractivity contribution in [3.8, 4) is 11.5 Å². The van der Waals surface area contributed by atoms with Crippen LogP contribution in [-0.4, -0.2) is 20.3 Å². The molecule has 0 saturated heterocycles. The van der Waals surface area contributed by atoms with Crippen molar-refractivity contribution in [2.45, 2.75) is 24.7 Å². The van der Waals surface area contributed by atoms with Crippen LogP contribution in [0, 0.1) is 0 Å². The Morgan fingerprint density at radius 2 is 2.00 bits per heavy atom. The second-order valence-corrected chi connectivity index (χ2v) is 5.42. The molecule has 0 radical (unpaired) electrons. The van der Waals surface area contributed by atoms with E-state index in [4.69, 9.17) is 10.3 Å². The highest BCUT2D eigenvalue weighted by Gasteiger charge is 2.44. The van der Waals surface area contributed by atoms with Crippen molar-refractivity contribution in [3.63, 3.8) is 0 Å². The Morgan fingerprint density at radius 1 is 1.19 bits per heavy atom. The summed E-state index contributed by atoms with van der Waals surface area (Å²) >= 11 is 0. The van der Waals surface area contributed by atoms with Gasteiger partial charge in [-0.1, -0.05) is 41.9 Å². The number of anilines is 1. The van der Waals surface area contributed by atoms with Gasteiger partial charge in [0.2, 0.25) is 0 Å². The molecule has 6 heteroatoms. The Hall–Kier alpha value is -2.63. The minimum Gasteiger partial charge on any atom is -0.383 e. The predicted octanol–water partition coefficient (Wildman–Crippen LogP) is 2.51. The molecule has 1 aliphatic carbocycles. The van der Waals surface area contributed by atoms with Crippen LogP contribution in [0.25, 0.3) is 11.5 Å². The van der Waals surface area contributed by atoms with Gasteiger partial charge in [0, 0.05) is 0 Å². The monoisotopic (exact) mass is 281 g/mol. The maximum Gasteiger partial charge on any atom is 0.263 e. The molecule has 0 aliphatic heterocycles. The number of aromatic amines is 1. The highest BCUT2D eigenvalue weighted by Crippen LogP contribution is 2.48. The van der Waals surface area contributed by atoms with Gasteiger partial charge in [-0.15, -0.1) is 0 Å². The van der Waals surface area contributed by atoms with Crippen LogP contribution in [0.4, 0.5) is 5.82 Å². The highest BCUT2D eigenvalue weighted by atomic mass is 16.5. The van der Waals surface area contributed by atoms with Crippen molar-refractivity contribution in [1.82, 2.24) is 20.3 Å². The van der Waals surface area contributed by atoms with Crippen molar-refractivity contribution in [1.29, 1.82) is 0 Å². The third-order valence-corrected chi connectivity index (χ3v) is 4.29. The van der Waals surface area contributed by atoms with Crippen LogP contribution in [0.3, 0.4) is 0 Å². The number of rotatable bonds is 3. The van der Waals surface area contributed by atoms with Gasteiger partial charge in [-0.2, -0.15) is 10.1 Å². The summed E-state index contributed by atoms with van der Waals surface area (Å²) in [6.45, 7) is 0. The molecule has 21 heavy (non-hydrogen) atoms. The van der Waals surface area contributed by atoms with E-state index in [9.17, 15) is 0 Å². The van der Waals surface area contributed by atoms with E-state index < -0.39 is 0 Å². The summed E-state index contributed by atoms with van der Waals surface area (Å²) in [4.78, 5) is 4.57. The summed E-state index contributed by atoms with van der Waals surface area (Å²) in [5.74, 6) is 1.58. The minimum absolute atomic E-state index is 0.124. The van der Waals surface area contributed by atoms with E-state index in [1.807, 2.05) is 18.2 Å². The lowest BCUT2D eigenvalue weighted by molar-refractivity contribution is 0.273. The molecular weight excluding hydrogens is 266 g/mol. The summed E-state index contributed by atoms with van der Waals surface area (Å²) in [6.07, 6.45) is 4.85. The number of nitrogens with zero attached hydrogens (tertiary/aromatic N) is 3. The van der Waals surface area contributed by atoms with Gasteiger partial charge in [-0.25, -0.2) is 0 Å². The summed E-state index contributed by atoms with van der Waals surface area (Å²) in [5, 5.41) is 10.8. The normalized spacial score (nSPS) is 16.6. The van der Waals surface area contributed by atoms with E-state index in [0.717, 1.165) is 18.7 Å². The summed E-state index contributed by atoms with van der Waals surface area (Å²) in [7, 11) is 0. The minimum atomic E-state index is -0.124. The van der Waals surface area contributed by atoms with Crippen molar-refractivity contribution in [3.05, 3.63) is 47.9 Å². The Kier molecular flexibility index (Phi) is 2.57. The van der Waals surface area contributed by atoms with Gasteiger partial charge < -0.3 is 10.3 Å².